The largest absolute Gasteiger partial charge is 0.481 e. The Bertz CT molecular complexity index is 1920. The summed E-state index contributed by atoms with van der Waals surface area (Å²) >= 11 is 0. The van der Waals surface area contributed by atoms with E-state index in [2.05, 4.69) is 23.1 Å². The monoisotopic (exact) mass is 1050 g/mol. The minimum Gasteiger partial charge on any atom is -0.462 e. The highest BCUT2D eigenvalue weighted by Crippen LogP contribution is 2.60. The van der Waals surface area contributed by atoms with Crippen LogP contribution in [-0.2, 0) is 51.1 Å². The summed E-state index contributed by atoms with van der Waals surface area (Å²) in [6, 6.07) is 1.23. The van der Waals surface area contributed by atoms with Gasteiger partial charge in [-0.2, -0.15) is 9.29 Å². The molecule has 23 heteroatoms. The van der Waals surface area contributed by atoms with E-state index in [1.54, 1.807) is 0 Å². The number of carbonyl (C=O) groups is 3. The highest BCUT2D eigenvalue weighted by molar-refractivity contribution is 7.61. The predicted molar refractivity (Wildman–Crippen MR) is 262 cm³/mol. The Hall–Kier alpha value is -2.91. The molecular weight excluding hydrogens is 968 g/mol. The summed E-state index contributed by atoms with van der Waals surface area (Å²) in [6.45, 7) is 3.77. The number of esters is 2. The van der Waals surface area contributed by atoms with Crippen LogP contribution < -0.4 is 11.4 Å². The number of cyclic esters (lactones) is 1. The average Bonchev–Trinajstić information content (AvgIpc) is 3.29. The van der Waals surface area contributed by atoms with E-state index >= 15 is 0 Å². The summed E-state index contributed by atoms with van der Waals surface area (Å²) in [5.74, 6) is -4.17. The first-order chi connectivity index (χ1) is 33.7. The molecule has 0 radical (unpaired) electrons. The second-order valence-corrected chi connectivity index (χ2v) is 22.3. The van der Waals surface area contributed by atoms with E-state index in [1.807, 2.05) is 6.92 Å². The average molecular weight is 1050 g/mol. The summed E-state index contributed by atoms with van der Waals surface area (Å²) in [5.41, 5.74) is 4.75. The van der Waals surface area contributed by atoms with Gasteiger partial charge in [0.05, 0.1) is 37.4 Å². The Kier molecular flexibility index (Phi) is 29.1. The van der Waals surface area contributed by atoms with Crippen molar-refractivity contribution in [1.82, 2.24) is 9.55 Å². The van der Waals surface area contributed by atoms with Crippen molar-refractivity contribution < 1.29 is 81.3 Å². The van der Waals surface area contributed by atoms with Gasteiger partial charge in [-0.1, -0.05) is 136 Å². The standard InChI is InChI=1S/C48H83N3O18P2/c1-4-5-16-22-35(52)26-27-37-39(53)30-40(54)38-23-18-14-15-20-25-44(56)67-36(31-64-43(55)24-19-13-11-9-7-6-8-10-12-17-21-34(2)3)32-65-70(60,61)69-71(62,63)66-33-41(46(58)45(37)57)68-47(38)51-29-28-42(49)50-48(51)59/h26-29,34-39,41,45-47,52-53,57-58H,4-25,30-33H2,1-3H3,(H,60,61)(H,62,63)(H2,49,50,59)/b27-26-/t35-,36+,37-,38-,39+,41+,45-,46+,47+/m0/s1. The number of Topliss-reactive ketones (excluding diaryl/α,β-unsaturated/α-hetero) is 1. The maximum atomic E-state index is 14.3. The molecule has 0 aliphatic carbocycles. The molecule has 8 N–H and O–H groups in total. The fourth-order valence-electron chi connectivity index (χ4n) is 8.57. The van der Waals surface area contributed by atoms with Gasteiger partial charge in [0, 0.05) is 31.4 Å². The minimum absolute atomic E-state index is 0.000780. The number of fused-ring (bicyclic) bond motifs is 3. The number of nitrogens with two attached hydrogens (primary N) is 1. The molecule has 0 aromatic carbocycles. The van der Waals surface area contributed by atoms with Gasteiger partial charge in [-0.05, 0) is 37.7 Å². The highest BCUT2D eigenvalue weighted by atomic mass is 31.3. The van der Waals surface area contributed by atoms with E-state index in [-0.39, 0.29) is 31.5 Å². The van der Waals surface area contributed by atoms with Gasteiger partial charge in [0.15, 0.2) is 6.10 Å². The number of phosphoric ester groups is 2. The molecule has 2 bridgehead atoms. The van der Waals surface area contributed by atoms with E-state index in [4.69, 9.17) is 29.0 Å². The number of anilines is 1. The Balaban J connectivity index is 1.80. The molecule has 11 atom stereocenters. The van der Waals surface area contributed by atoms with E-state index < -0.39 is 120 Å². The van der Waals surface area contributed by atoms with Crippen LogP contribution in [0.4, 0.5) is 5.82 Å². The van der Waals surface area contributed by atoms with Crippen LogP contribution in [0.25, 0.3) is 0 Å². The summed E-state index contributed by atoms with van der Waals surface area (Å²) in [6.07, 6.45) is 7.35. The lowest BCUT2D eigenvalue weighted by molar-refractivity contribution is -0.184. The number of unbranched alkanes of at least 4 members (excludes halogenated alkanes) is 11. The number of nitrogens with zero attached hydrogens (tertiary/aromatic N) is 2. The molecular formula is C48H83N3O18P2. The topological polar surface area (TPSA) is 323 Å². The lowest BCUT2D eigenvalue weighted by Crippen LogP contribution is -2.51. The van der Waals surface area contributed by atoms with E-state index in [1.165, 1.54) is 62.9 Å². The molecule has 408 valence electrons. The molecule has 2 fully saturated rings. The normalized spacial score (nSPS) is 29.7. The van der Waals surface area contributed by atoms with Crippen molar-refractivity contribution in [1.29, 1.82) is 0 Å². The Morgan fingerprint density at radius 2 is 1.49 bits per heavy atom. The second-order valence-electron chi connectivity index (χ2n) is 19.3. The van der Waals surface area contributed by atoms with Crippen LogP contribution in [0.2, 0.25) is 0 Å². The Labute approximate surface area is 418 Å². The number of ketones is 1. The van der Waals surface area contributed by atoms with Gasteiger partial charge in [0.25, 0.3) is 0 Å². The SMILES string of the molecule is CCCCC[C@H](O)/C=C\[C@@H]1[C@H](O)[C@H](O)[C@H]2COP(=O)(O)OP(=O)(O)OC[C@@H](COC(=O)CCCCCCCCCCCCC(C)C)OC(=O)CCCCCC[C@@H](C(=O)C[C@H]1O)[C@H](n1ccc(N)nc1=O)O2. The third kappa shape index (κ3) is 24.8. The van der Waals surface area contributed by atoms with Gasteiger partial charge in [0.2, 0.25) is 0 Å². The maximum absolute atomic E-state index is 14.3. The molecule has 1 aromatic rings. The molecule has 1 aromatic heterocycles. The summed E-state index contributed by atoms with van der Waals surface area (Å²) in [4.78, 5) is 78.3. The Morgan fingerprint density at radius 3 is 2.14 bits per heavy atom. The molecule has 2 aliphatic rings. The first-order valence-corrected chi connectivity index (χ1v) is 28.7. The molecule has 21 nitrogen and oxygen atoms in total. The zero-order valence-corrected chi connectivity index (χ0v) is 43.7. The maximum Gasteiger partial charge on any atom is 0.481 e. The number of aliphatic hydroxyl groups is 4. The zero-order chi connectivity index (χ0) is 52.4. The van der Waals surface area contributed by atoms with Crippen molar-refractivity contribution in [2.45, 2.75) is 211 Å². The van der Waals surface area contributed by atoms with Gasteiger partial charge in [-0.25, -0.2) is 13.9 Å². The number of aromatic nitrogens is 2. The first-order valence-electron chi connectivity index (χ1n) is 25.7. The highest BCUT2D eigenvalue weighted by Gasteiger charge is 2.45. The number of nitrogen functional groups attached to an aromatic ring is 1. The zero-order valence-electron chi connectivity index (χ0n) is 41.9. The van der Waals surface area contributed by atoms with Crippen LogP contribution in [0.1, 0.15) is 175 Å². The summed E-state index contributed by atoms with van der Waals surface area (Å²) in [5, 5.41) is 45.5. The number of hydrogen-bond donors (Lipinski definition) is 7. The third-order valence-electron chi connectivity index (χ3n) is 12.7. The van der Waals surface area contributed by atoms with Crippen LogP contribution >= 0.6 is 15.6 Å². The summed E-state index contributed by atoms with van der Waals surface area (Å²) < 4.78 is 58.9. The van der Waals surface area contributed by atoms with Crippen molar-refractivity contribution in [3.8, 4) is 0 Å². The molecule has 2 aliphatic heterocycles. The molecule has 3 rings (SSSR count). The Morgan fingerprint density at radius 1 is 0.873 bits per heavy atom. The number of phosphoric acid groups is 2. The predicted octanol–water partition coefficient (Wildman–Crippen LogP) is 6.89. The fraction of sp³-hybridized carbons (Fsp3) is 0.812. The van der Waals surface area contributed by atoms with Crippen LogP contribution in [0.3, 0.4) is 0 Å². The second kappa shape index (κ2) is 33.1. The van der Waals surface area contributed by atoms with Crippen molar-refractivity contribution >= 4 is 39.2 Å². The van der Waals surface area contributed by atoms with Gasteiger partial charge in [0.1, 0.15) is 36.6 Å². The molecule has 0 spiro atoms. The van der Waals surface area contributed by atoms with Crippen molar-refractivity contribution in [2.75, 3.05) is 25.6 Å². The lowest BCUT2D eigenvalue weighted by atomic mass is 9.83. The molecule has 0 saturated carbocycles. The van der Waals surface area contributed by atoms with Gasteiger partial charge < -0.3 is 50.2 Å². The molecule has 0 amide bonds. The molecule has 71 heavy (non-hydrogen) atoms. The van der Waals surface area contributed by atoms with E-state index in [9.17, 15) is 58.5 Å². The van der Waals surface area contributed by atoms with E-state index in [0.717, 1.165) is 49.0 Å². The molecule has 2 saturated heterocycles. The van der Waals surface area contributed by atoms with E-state index in [0.29, 0.717) is 38.5 Å². The lowest BCUT2D eigenvalue weighted by Gasteiger charge is -2.38. The quantitative estimate of drug-likeness (QED) is 0.0269. The minimum atomic E-state index is -5.71. The number of hydrogen-bond acceptors (Lipinski definition) is 18. The number of aliphatic hydroxyl groups excluding tert-OH is 4. The smallest absolute Gasteiger partial charge is 0.462 e. The number of carbonyl (C=O) groups excluding carboxylic acids is 3. The van der Waals surface area contributed by atoms with Crippen molar-refractivity contribution in [3.05, 3.63) is 34.9 Å². The van der Waals surface area contributed by atoms with Gasteiger partial charge >= 0.3 is 33.3 Å². The summed E-state index contributed by atoms with van der Waals surface area (Å²) in [7, 11) is -11.3. The fourth-order valence-corrected chi connectivity index (χ4v) is 10.7. The van der Waals surface area contributed by atoms with Crippen molar-refractivity contribution in [2.24, 2.45) is 17.8 Å². The first kappa shape index (κ1) is 62.4. The van der Waals surface area contributed by atoms with Crippen molar-refractivity contribution in [3.63, 3.8) is 0 Å². The van der Waals surface area contributed by atoms with Crippen LogP contribution in [0.5, 0.6) is 0 Å². The van der Waals surface area contributed by atoms with Gasteiger partial charge in [-0.15, -0.1) is 0 Å². The number of ether oxygens (including phenoxy) is 3. The molecule has 3 heterocycles. The van der Waals surface area contributed by atoms with Crippen LogP contribution in [0, 0.1) is 17.8 Å². The van der Waals surface area contributed by atoms with Gasteiger partial charge in [-0.3, -0.25) is 28.0 Å². The third-order valence-corrected chi connectivity index (χ3v) is 15.3. The number of rotatable bonds is 22. The molecule has 2 unspecified atom stereocenters. The van der Waals surface area contributed by atoms with Crippen LogP contribution in [-0.4, -0.2) is 114 Å². The van der Waals surface area contributed by atoms with Crippen LogP contribution in [0.15, 0.2) is 29.2 Å².